The van der Waals surface area contributed by atoms with Gasteiger partial charge in [-0.1, -0.05) is 19.1 Å². The smallest absolute Gasteiger partial charge is 0.255 e. The van der Waals surface area contributed by atoms with Gasteiger partial charge < -0.3 is 10.6 Å². The molecule has 0 saturated heterocycles. The summed E-state index contributed by atoms with van der Waals surface area (Å²) in [5.41, 5.74) is 5.99. The van der Waals surface area contributed by atoms with Crippen molar-refractivity contribution in [3.8, 4) is 0 Å². The van der Waals surface area contributed by atoms with Crippen LogP contribution in [0.2, 0.25) is 0 Å². The minimum Gasteiger partial charge on any atom is -0.393 e. The fourth-order valence-corrected chi connectivity index (χ4v) is 2.20. The lowest BCUT2D eigenvalue weighted by molar-refractivity contribution is 0.0754. The fourth-order valence-electron chi connectivity index (χ4n) is 1.61. The van der Waals surface area contributed by atoms with E-state index in [-0.39, 0.29) is 17.6 Å². The Labute approximate surface area is 126 Å². The second-order valence-electron chi connectivity index (χ2n) is 4.27. The van der Waals surface area contributed by atoms with Gasteiger partial charge in [-0.05, 0) is 41.1 Å². The topological polar surface area (TPSA) is 46.3 Å². The largest absolute Gasteiger partial charge is 0.393 e. The highest BCUT2D eigenvalue weighted by Crippen LogP contribution is 2.20. The number of carbonyl (C=O) groups excluding carboxylic acids is 1. The van der Waals surface area contributed by atoms with E-state index in [1.165, 1.54) is 18.2 Å². The van der Waals surface area contributed by atoms with E-state index in [2.05, 4.69) is 15.9 Å². The van der Waals surface area contributed by atoms with E-state index in [0.717, 1.165) is 0 Å². The van der Waals surface area contributed by atoms with Gasteiger partial charge in [-0.3, -0.25) is 4.79 Å². The molecule has 0 heterocycles. The molecule has 0 bridgehead atoms. The second kappa shape index (κ2) is 6.96. The fraction of sp³-hybridized carbons (Fsp3) is 0.385. The van der Waals surface area contributed by atoms with E-state index >= 15 is 0 Å². The molecule has 1 rings (SSSR count). The monoisotopic (exact) mass is 346 g/mol. The van der Waals surface area contributed by atoms with Gasteiger partial charge in [-0.2, -0.15) is 0 Å². The molecule has 19 heavy (non-hydrogen) atoms. The Hall–Kier alpha value is -1.01. The summed E-state index contributed by atoms with van der Waals surface area (Å²) in [5, 5.41) is 0. The summed E-state index contributed by atoms with van der Waals surface area (Å²) in [6.45, 7) is 4.74. The van der Waals surface area contributed by atoms with Crippen LogP contribution < -0.4 is 5.73 Å². The van der Waals surface area contributed by atoms with E-state index in [0.29, 0.717) is 28.1 Å². The molecule has 0 aliphatic carbocycles. The third kappa shape index (κ3) is 4.24. The molecule has 3 nitrogen and oxygen atoms in total. The van der Waals surface area contributed by atoms with Crippen LogP contribution in [0.5, 0.6) is 0 Å². The maximum Gasteiger partial charge on any atom is 0.255 e. The van der Waals surface area contributed by atoms with Gasteiger partial charge in [0.2, 0.25) is 0 Å². The first-order valence-corrected chi connectivity index (χ1v) is 7.10. The van der Waals surface area contributed by atoms with Crippen LogP contribution in [0.15, 0.2) is 22.7 Å². The van der Waals surface area contributed by atoms with Gasteiger partial charge in [-0.15, -0.1) is 0 Å². The minimum absolute atomic E-state index is 0.0573. The van der Waals surface area contributed by atoms with Gasteiger partial charge in [0, 0.05) is 23.5 Å². The maximum atomic E-state index is 13.0. The molecule has 1 atom stereocenters. The Morgan fingerprint density at radius 2 is 2.21 bits per heavy atom. The van der Waals surface area contributed by atoms with Crippen LogP contribution in [0.4, 0.5) is 4.39 Å². The number of halogens is 2. The molecular weight excluding hydrogens is 331 g/mol. The Bertz CT molecular complexity index is 496. The molecular formula is C13H16BrFN2OS. The highest BCUT2D eigenvalue weighted by Gasteiger charge is 2.20. The van der Waals surface area contributed by atoms with Crippen molar-refractivity contribution in [2.45, 2.75) is 13.8 Å². The predicted molar refractivity (Wildman–Crippen MR) is 81.6 cm³/mol. The molecule has 0 radical (unpaired) electrons. The average Bonchev–Trinajstić information content (AvgIpc) is 2.34. The van der Waals surface area contributed by atoms with Crippen molar-refractivity contribution in [2.75, 3.05) is 13.1 Å². The zero-order valence-electron chi connectivity index (χ0n) is 10.8. The highest BCUT2D eigenvalue weighted by atomic mass is 79.9. The lowest BCUT2D eigenvalue weighted by Crippen LogP contribution is -2.38. The molecule has 1 aromatic carbocycles. The van der Waals surface area contributed by atoms with Crippen LogP contribution in [0, 0.1) is 11.7 Å². The maximum absolute atomic E-state index is 13.0. The van der Waals surface area contributed by atoms with Crippen LogP contribution in [0.3, 0.4) is 0 Å². The third-order valence-corrected chi connectivity index (χ3v) is 3.87. The molecule has 0 aliphatic rings. The molecule has 2 N–H and O–H groups in total. The van der Waals surface area contributed by atoms with Crippen molar-refractivity contribution < 1.29 is 9.18 Å². The molecule has 0 aliphatic heterocycles. The van der Waals surface area contributed by atoms with Gasteiger partial charge in [0.05, 0.1) is 10.6 Å². The first kappa shape index (κ1) is 16.0. The molecule has 104 valence electrons. The van der Waals surface area contributed by atoms with E-state index in [4.69, 9.17) is 18.0 Å². The second-order valence-corrected chi connectivity index (χ2v) is 5.60. The predicted octanol–water partition coefficient (Wildman–Crippen LogP) is 2.97. The van der Waals surface area contributed by atoms with E-state index in [1.807, 2.05) is 13.8 Å². The summed E-state index contributed by atoms with van der Waals surface area (Å²) in [6.07, 6.45) is 0. The average molecular weight is 347 g/mol. The zero-order valence-corrected chi connectivity index (χ0v) is 13.2. The number of benzene rings is 1. The molecule has 0 spiro atoms. The molecule has 1 aromatic rings. The standard InChI is InChI=1S/C13H16BrFN2OS/c1-3-17(7-8(2)12(16)19)13(18)10-5-4-9(15)6-11(10)14/h4-6,8H,3,7H2,1-2H3,(H2,16,19). The third-order valence-electron chi connectivity index (χ3n) is 2.81. The van der Waals surface area contributed by atoms with Gasteiger partial charge in [0.1, 0.15) is 5.82 Å². The van der Waals surface area contributed by atoms with Gasteiger partial charge in [-0.25, -0.2) is 4.39 Å². The number of nitrogens with two attached hydrogens (primary N) is 1. The van der Waals surface area contributed by atoms with Crippen LogP contribution in [0.1, 0.15) is 24.2 Å². The van der Waals surface area contributed by atoms with Crippen molar-refractivity contribution in [1.29, 1.82) is 0 Å². The SMILES string of the molecule is CCN(CC(C)C(N)=S)C(=O)c1ccc(F)cc1Br. The van der Waals surface area contributed by atoms with Crippen molar-refractivity contribution in [2.24, 2.45) is 11.7 Å². The van der Waals surface area contributed by atoms with Crippen molar-refractivity contribution in [1.82, 2.24) is 4.90 Å². The van der Waals surface area contributed by atoms with Crippen molar-refractivity contribution >= 4 is 39.0 Å². The van der Waals surface area contributed by atoms with Crippen LogP contribution in [0.25, 0.3) is 0 Å². The number of thiocarbonyl (C=S) groups is 1. The van der Waals surface area contributed by atoms with Crippen molar-refractivity contribution in [3.05, 3.63) is 34.1 Å². The van der Waals surface area contributed by atoms with Crippen LogP contribution in [-0.2, 0) is 0 Å². The summed E-state index contributed by atoms with van der Waals surface area (Å²) >= 11 is 8.11. The number of hydrogen-bond donors (Lipinski definition) is 1. The van der Waals surface area contributed by atoms with E-state index in [1.54, 1.807) is 4.90 Å². The van der Waals surface area contributed by atoms with E-state index < -0.39 is 0 Å². The van der Waals surface area contributed by atoms with E-state index in [9.17, 15) is 9.18 Å². The number of nitrogens with zero attached hydrogens (tertiary/aromatic N) is 1. The molecule has 0 aromatic heterocycles. The van der Waals surface area contributed by atoms with Gasteiger partial charge in [0.15, 0.2) is 0 Å². The highest BCUT2D eigenvalue weighted by molar-refractivity contribution is 9.10. The Kier molecular flexibility index (Phi) is 5.87. The van der Waals surface area contributed by atoms with Crippen LogP contribution >= 0.6 is 28.1 Å². The number of hydrogen-bond acceptors (Lipinski definition) is 2. The van der Waals surface area contributed by atoms with Gasteiger partial charge >= 0.3 is 0 Å². The lowest BCUT2D eigenvalue weighted by Gasteiger charge is -2.24. The minimum atomic E-state index is -0.386. The summed E-state index contributed by atoms with van der Waals surface area (Å²) in [5.74, 6) is -0.612. The quantitative estimate of drug-likeness (QED) is 0.833. The van der Waals surface area contributed by atoms with Gasteiger partial charge in [0.25, 0.3) is 5.91 Å². The Morgan fingerprint density at radius 1 is 1.58 bits per heavy atom. The molecule has 0 saturated carbocycles. The molecule has 1 unspecified atom stereocenters. The number of rotatable bonds is 5. The summed E-state index contributed by atoms with van der Waals surface area (Å²) < 4.78 is 13.5. The van der Waals surface area contributed by atoms with Crippen molar-refractivity contribution in [3.63, 3.8) is 0 Å². The molecule has 0 fully saturated rings. The molecule has 6 heteroatoms. The Morgan fingerprint density at radius 3 is 2.68 bits per heavy atom. The first-order valence-electron chi connectivity index (χ1n) is 5.90. The Balaban J connectivity index is 2.92. The lowest BCUT2D eigenvalue weighted by atomic mass is 10.1. The molecule has 1 amide bonds. The zero-order chi connectivity index (χ0) is 14.6. The summed E-state index contributed by atoms with van der Waals surface area (Å²) in [7, 11) is 0. The number of carbonyl (C=O) groups is 1. The number of amides is 1. The normalized spacial score (nSPS) is 12.0. The first-order chi connectivity index (χ1) is 8.86. The summed E-state index contributed by atoms with van der Waals surface area (Å²) in [4.78, 5) is 14.4. The summed E-state index contributed by atoms with van der Waals surface area (Å²) in [6, 6.07) is 4.01. The van der Waals surface area contributed by atoms with Crippen LogP contribution in [-0.4, -0.2) is 28.9 Å².